The van der Waals surface area contributed by atoms with Crippen LogP contribution in [0.2, 0.25) is 0 Å². The summed E-state index contributed by atoms with van der Waals surface area (Å²) in [6, 6.07) is 3.72. The average molecular weight is 309 g/mol. The van der Waals surface area contributed by atoms with Gasteiger partial charge in [0.1, 0.15) is 0 Å². The fraction of sp³-hybridized carbons (Fsp3) is 0.600. The molecule has 0 saturated carbocycles. The van der Waals surface area contributed by atoms with Gasteiger partial charge in [-0.25, -0.2) is 0 Å². The van der Waals surface area contributed by atoms with E-state index in [0.29, 0.717) is 32.7 Å². The average Bonchev–Trinajstić information content (AvgIpc) is 3.01. The van der Waals surface area contributed by atoms with Crippen LogP contribution in [0, 0.1) is 11.8 Å². The summed E-state index contributed by atoms with van der Waals surface area (Å²) in [6.45, 7) is 6.80. The molecule has 6 heteroatoms. The molecule has 0 spiro atoms. The van der Waals surface area contributed by atoms with E-state index in [4.69, 9.17) is 5.73 Å². The number of hydrogen-bond donors (Lipinski definition) is 1. The number of carbonyl (C=O) groups is 2. The van der Waals surface area contributed by atoms with E-state index < -0.39 is 0 Å². The SMILES string of the molecule is CC(C)C(CN)C(=O)N1CCN(C(=O)c2cccs2)CC1. The molecule has 1 saturated heterocycles. The highest BCUT2D eigenvalue weighted by molar-refractivity contribution is 7.12. The predicted molar refractivity (Wildman–Crippen MR) is 84.2 cm³/mol. The van der Waals surface area contributed by atoms with Gasteiger partial charge >= 0.3 is 0 Å². The van der Waals surface area contributed by atoms with Gasteiger partial charge in [-0.1, -0.05) is 19.9 Å². The van der Waals surface area contributed by atoms with Gasteiger partial charge in [0.2, 0.25) is 5.91 Å². The molecule has 0 radical (unpaired) electrons. The van der Waals surface area contributed by atoms with E-state index in [9.17, 15) is 9.59 Å². The molecule has 1 aliphatic heterocycles. The van der Waals surface area contributed by atoms with E-state index in [-0.39, 0.29) is 23.7 Å². The zero-order valence-electron chi connectivity index (χ0n) is 12.6. The van der Waals surface area contributed by atoms with Crippen molar-refractivity contribution in [2.75, 3.05) is 32.7 Å². The van der Waals surface area contributed by atoms with Crippen LogP contribution in [-0.4, -0.2) is 54.3 Å². The number of amides is 2. The fourth-order valence-electron chi connectivity index (χ4n) is 2.58. The molecule has 116 valence electrons. The summed E-state index contributed by atoms with van der Waals surface area (Å²) in [6.07, 6.45) is 0. The van der Waals surface area contributed by atoms with E-state index in [1.54, 1.807) is 0 Å². The number of hydrogen-bond acceptors (Lipinski definition) is 4. The lowest BCUT2D eigenvalue weighted by molar-refractivity contribution is -0.138. The van der Waals surface area contributed by atoms with Gasteiger partial charge in [-0.15, -0.1) is 11.3 Å². The minimum atomic E-state index is -0.121. The first kappa shape index (κ1) is 16.0. The van der Waals surface area contributed by atoms with Crippen LogP contribution in [0.1, 0.15) is 23.5 Å². The highest BCUT2D eigenvalue weighted by Gasteiger charge is 2.30. The normalized spacial score (nSPS) is 17.1. The number of nitrogens with zero attached hydrogens (tertiary/aromatic N) is 2. The van der Waals surface area contributed by atoms with Gasteiger partial charge in [0.15, 0.2) is 0 Å². The molecule has 2 amide bonds. The van der Waals surface area contributed by atoms with Gasteiger partial charge in [-0.3, -0.25) is 9.59 Å². The minimum absolute atomic E-state index is 0.0660. The summed E-state index contributed by atoms with van der Waals surface area (Å²) in [7, 11) is 0. The highest BCUT2D eigenvalue weighted by Crippen LogP contribution is 2.17. The first-order chi connectivity index (χ1) is 10.0. The molecule has 1 fully saturated rings. The lowest BCUT2D eigenvalue weighted by atomic mass is 9.94. The predicted octanol–water partition coefficient (Wildman–Crippen LogP) is 1.26. The molecule has 5 nitrogen and oxygen atoms in total. The second kappa shape index (κ2) is 7.04. The first-order valence-electron chi connectivity index (χ1n) is 7.36. The van der Waals surface area contributed by atoms with Crippen molar-refractivity contribution in [2.24, 2.45) is 17.6 Å². The summed E-state index contributed by atoms with van der Waals surface area (Å²) < 4.78 is 0. The Morgan fingerprint density at radius 1 is 1.24 bits per heavy atom. The Morgan fingerprint density at radius 3 is 2.33 bits per heavy atom. The zero-order chi connectivity index (χ0) is 15.4. The van der Waals surface area contributed by atoms with Crippen molar-refractivity contribution < 1.29 is 9.59 Å². The number of piperazine rings is 1. The van der Waals surface area contributed by atoms with Crippen molar-refractivity contribution in [1.82, 2.24) is 9.80 Å². The summed E-state index contributed by atoms with van der Waals surface area (Å²) in [4.78, 5) is 29.1. The molecule has 1 atom stereocenters. The second-order valence-corrected chi connectivity index (χ2v) is 6.63. The lowest BCUT2D eigenvalue weighted by Crippen LogP contribution is -2.53. The van der Waals surface area contributed by atoms with Crippen LogP contribution >= 0.6 is 11.3 Å². The topological polar surface area (TPSA) is 66.6 Å². The Morgan fingerprint density at radius 2 is 1.86 bits per heavy atom. The van der Waals surface area contributed by atoms with E-state index in [0.717, 1.165) is 4.88 Å². The van der Waals surface area contributed by atoms with E-state index in [1.165, 1.54) is 11.3 Å². The van der Waals surface area contributed by atoms with Gasteiger partial charge < -0.3 is 15.5 Å². The monoisotopic (exact) mass is 309 g/mol. The Hall–Kier alpha value is -1.40. The van der Waals surface area contributed by atoms with E-state index in [1.807, 2.05) is 41.2 Å². The van der Waals surface area contributed by atoms with E-state index >= 15 is 0 Å². The van der Waals surface area contributed by atoms with Crippen LogP contribution in [0.4, 0.5) is 0 Å². The van der Waals surface area contributed by atoms with Gasteiger partial charge in [-0.05, 0) is 17.4 Å². The molecule has 2 N–H and O–H groups in total. The Bertz CT molecular complexity index is 479. The largest absolute Gasteiger partial charge is 0.339 e. The fourth-order valence-corrected chi connectivity index (χ4v) is 3.27. The van der Waals surface area contributed by atoms with Crippen molar-refractivity contribution in [3.8, 4) is 0 Å². The summed E-state index contributed by atoms with van der Waals surface area (Å²) in [5.41, 5.74) is 5.71. The smallest absolute Gasteiger partial charge is 0.264 e. The van der Waals surface area contributed by atoms with Crippen LogP contribution in [0.25, 0.3) is 0 Å². The van der Waals surface area contributed by atoms with Crippen molar-refractivity contribution in [1.29, 1.82) is 0 Å². The third-order valence-corrected chi connectivity index (χ3v) is 4.84. The molecule has 21 heavy (non-hydrogen) atoms. The third kappa shape index (κ3) is 3.63. The van der Waals surface area contributed by atoms with Gasteiger partial charge in [-0.2, -0.15) is 0 Å². The van der Waals surface area contributed by atoms with Crippen molar-refractivity contribution in [3.63, 3.8) is 0 Å². The minimum Gasteiger partial charge on any atom is -0.339 e. The molecule has 0 aromatic carbocycles. The third-order valence-electron chi connectivity index (χ3n) is 3.99. The summed E-state index contributed by atoms with van der Waals surface area (Å²) in [5, 5.41) is 1.90. The standard InChI is InChI=1S/C15H23N3O2S/c1-11(2)12(10-16)14(19)17-5-7-18(8-6-17)15(20)13-4-3-9-21-13/h3-4,9,11-12H,5-8,10,16H2,1-2H3. The molecular formula is C15H23N3O2S. The number of carbonyl (C=O) groups excluding carboxylic acids is 2. The lowest BCUT2D eigenvalue weighted by Gasteiger charge is -2.36. The van der Waals surface area contributed by atoms with Gasteiger partial charge in [0.25, 0.3) is 5.91 Å². The van der Waals surface area contributed by atoms with Crippen LogP contribution < -0.4 is 5.73 Å². The molecule has 1 unspecified atom stereocenters. The molecule has 0 aliphatic carbocycles. The quantitative estimate of drug-likeness (QED) is 0.910. The maximum atomic E-state index is 12.4. The molecule has 1 aromatic heterocycles. The van der Waals surface area contributed by atoms with Gasteiger partial charge in [0.05, 0.1) is 10.8 Å². The first-order valence-corrected chi connectivity index (χ1v) is 8.24. The maximum absolute atomic E-state index is 12.4. The number of rotatable bonds is 4. The van der Waals surface area contributed by atoms with Crippen molar-refractivity contribution in [3.05, 3.63) is 22.4 Å². The van der Waals surface area contributed by atoms with E-state index in [2.05, 4.69) is 0 Å². The molecule has 0 bridgehead atoms. The molecule has 2 heterocycles. The summed E-state index contributed by atoms with van der Waals surface area (Å²) in [5.74, 6) is 0.310. The van der Waals surface area contributed by atoms with Crippen LogP contribution in [-0.2, 0) is 4.79 Å². The van der Waals surface area contributed by atoms with Crippen LogP contribution in [0.3, 0.4) is 0 Å². The highest BCUT2D eigenvalue weighted by atomic mass is 32.1. The molecule has 2 rings (SSSR count). The molecule has 1 aliphatic rings. The van der Waals surface area contributed by atoms with Crippen molar-refractivity contribution in [2.45, 2.75) is 13.8 Å². The van der Waals surface area contributed by atoms with Gasteiger partial charge in [0, 0.05) is 32.7 Å². The van der Waals surface area contributed by atoms with Crippen molar-refractivity contribution >= 4 is 23.2 Å². The van der Waals surface area contributed by atoms with Crippen LogP contribution in [0.15, 0.2) is 17.5 Å². The molecular weight excluding hydrogens is 286 g/mol. The second-order valence-electron chi connectivity index (χ2n) is 5.68. The Labute approximate surface area is 129 Å². The maximum Gasteiger partial charge on any atom is 0.264 e. The number of thiophene rings is 1. The zero-order valence-corrected chi connectivity index (χ0v) is 13.4. The summed E-state index contributed by atoms with van der Waals surface area (Å²) >= 11 is 1.46. The Balaban J connectivity index is 1.91. The Kier molecular flexibility index (Phi) is 5.36. The number of nitrogens with two attached hydrogens (primary N) is 1. The molecule has 1 aromatic rings. The van der Waals surface area contributed by atoms with Crippen LogP contribution in [0.5, 0.6) is 0 Å².